The number of aliphatic hydroxyl groups excluding tert-OH is 1. The molecule has 15 heavy (non-hydrogen) atoms. The molecule has 1 amide bonds. The predicted octanol–water partition coefficient (Wildman–Crippen LogP) is 1.50. The molecule has 7 heteroatoms. The molecule has 1 atom stereocenters. The van der Waals surface area contributed by atoms with Crippen molar-refractivity contribution < 1.29 is 9.90 Å². The normalized spacial score (nSPS) is 13.3. The van der Waals surface area contributed by atoms with Gasteiger partial charge < -0.3 is 10.4 Å². The quantitative estimate of drug-likeness (QED) is 0.632. The van der Waals surface area contributed by atoms with Gasteiger partial charge in [-0.05, 0) is 12.1 Å². The van der Waals surface area contributed by atoms with Crippen LogP contribution in [0.25, 0.3) is 0 Å². The molecule has 1 heterocycles. The summed E-state index contributed by atoms with van der Waals surface area (Å²) in [5.41, 5.74) is 0.318. The number of alkyl halides is 3. The van der Waals surface area contributed by atoms with Crippen molar-refractivity contribution in [2.45, 2.75) is 10.0 Å². The van der Waals surface area contributed by atoms with Crippen LogP contribution in [-0.2, 0) is 0 Å². The van der Waals surface area contributed by atoms with Crippen LogP contribution in [0.15, 0.2) is 24.5 Å². The van der Waals surface area contributed by atoms with E-state index in [0.29, 0.717) is 5.56 Å². The Kier molecular flexibility index (Phi) is 4.16. The number of aliphatic hydroxyl groups is 1. The van der Waals surface area contributed by atoms with Gasteiger partial charge in [-0.2, -0.15) is 0 Å². The highest BCUT2D eigenvalue weighted by Gasteiger charge is 2.32. The Morgan fingerprint density at radius 3 is 2.40 bits per heavy atom. The first-order chi connectivity index (χ1) is 6.91. The Hall–Kier alpha value is -0.550. The number of hydrogen-bond donors (Lipinski definition) is 2. The van der Waals surface area contributed by atoms with E-state index in [0.717, 1.165) is 0 Å². The monoisotopic (exact) mass is 268 g/mol. The lowest BCUT2D eigenvalue weighted by Gasteiger charge is -2.19. The van der Waals surface area contributed by atoms with E-state index in [1.54, 1.807) is 0 Å². The third-order valence-electron chi connectivity index (χ3n) is 1.52. The average molecular weight is 270 g/mol. The predicted molar refractivity (Wildman–Crippen MR) is 58.0 cm³/mol. The smallest absolute Gasteiger partial charge is 0.253 e. The minimum absolute atomic E-state index is 0.318. The Bertz CT molecular complexity index is 339. The van der Waals surface area contributed by atoms with E-state index in [4.69, 9.17) is 34.8 Å². The lowest BCUT2D eigenvalue weighted by Crippen LogP contribution is -2.43. The lowest BCUT2D eigenvalue weighted by molar-refractivity contribution is 0.0791. The SMILES string of the molecule is O=C(NC(O)C(Cl)(Cl)Cl)c1ccncc1. The van der Waals surface area contributed by atoms with Gasteiger partial charge in [0.2, 0.25) is 3.79 Å². The Morgan fingerprint density at radius 2 is 1.93 bits per heavy atom. The highest BCUT2D eigenvalue weighted by Crippen LogP contribution is 2.28. The number of halogens is 3. The van der Waals surface area contributed by atoms with Gasteiger partial charge in [0.25, 0.3) is 5.91 Å². The van der Waals surface area contributed by atoms with Crippen molar-refractivity contribution in [1.29, 1.82) is 0 Å². The number of aromatic nitrogens is 1. The molecule has 0 aliphatic rings. The highest BCUT2D eigenvalue weighted by atomic mass is 35.6. The van der Waals surface area contributed by atoms with Crippen molar-refractivity contribution >= 4 is 40.7 Å². The molecule has 0 fully saturated rings. The van der Waals surface area contributed by atoms with Gasteiger partial charge in [0.05, 0.1) is 0 Å². The van der Waals surface area contributed by atoms with Crippen LogP contribution in [0.3, 0.4) is 0 Å². The van der Waals surface area contributed by atoms with Gasteiger partial charge in [0.15, 0.2) is 6.23 Å². The minimum atomic E-state index is -1.96. The van der Waals surface area contributed by atoms with Crippen LogP contribution in [-0.4, -0.2) is 26.0 Å². The van der Waals surface area contributed by atoms with E-state index in [-0.39, 0.29) is 0 Å². The summed E-state index contributed by atoms with van der Waals surface area (Å²) in [5, 5.41) is 11.4. The number of rotatable bonds is 2. The number of hydrogen-bond acceptors (Lipinski definition) is 3. The van der Waals surface area contributed by atoms with Crippen molar-refractivity contribution in [3.8, 4) is 0 Å². The second-order valence-corrected chi connectivity index (χ2v) is 5.02. The van der Waals surface area contributed by atoms with Crippen molar-refractivity contribution in [1.82, 2.24) is 10.3 Å². The zero-order chi connectivity index (χ0) is 11.5. The van der Waals surface area contributed by atoms with Gasteiger partial charge in [0, 0.05) is 18.0 Å². The molecule has 1 aromatic rings. The largest absolute Gasteiger partial charge is 0.369 e. The van der Waals surface area contributed by atoms with Gasteiger partial charge in [-0.25, -0.2) is 0 Å². The topological polar surface area (TPSA) is 62.2 Å². The summed E-state index contributed by atoms with van der Waals surface area (Å²) in [4.78, 5) is 15.2. The first-order valence-electron chi connectivity index (χ1n) is 3.87. The molecule has 0 aliphatic carbocycles. The van der Waals surface area contributed by atoms with E-state index >= 15 is 0 Å². The van der Waals surface area contributed by atoms with E-state index in [2.05, 4.69) is 10.3 Å². The van der Waals surface area contributed by atoms with Crippen molar-refractivity contribution in [3.05, 3.63) is 30.1 Å². The maximum absolute atomic E-state index is 11.4. The number of nitrogens with one attached hydrogen (secondary N) is 1. The van der Waals surface area contributed by atoms with Crippen molar-refractivity contribution in [3.63, 3.8) is 0 Å². The molecular formula is C8H7Cl3N2O2. The molecule has 1 aromatic heterocycles. The third kappa shape index (κ3) is 3.83. The summed E-state index contributed by atoms with van der Waals surface area (Å²) < 4.78 is -1.96. The molecule has 0 bridgehead atoms. The molecule has 1 rings (SSSR count). The van der Waals surface area contributed by atoms with Crippen LogP contribution in [0.5, 0.6) is 0 Å². The summed E-state index contributed by atoms with van der Waals surface area (Å²) in [5.74, 6) is -0.545. The summed E-state index contributed by atoms with van der Waals surface area (Å²) >= 11 is 16.1. The number of amides is 1. The first kappa shape index (κ1) is 12.5. The number of nitrogens with zero attached hydrogens (tertiary/aromatic N) is 1. The molecule has 0 spiro atoms. The van der Waals surface area contributed by atoms with Gasteiger partial charge in [-0.1, -0.05) is 34.8 Å². The Labute approximate surface area is 101 Å². The second kappa shape index (κ2) is 4.99. The van der Waals surface area contributed by atoms with Gasteiger partial charge >= 0.3 is 0 Å². The number of pyridine rings is 1. The molecule has 0 aliphatic heterocycles. The van der Waals surface area contributed by atoms with E-state index < -0.39 is 15.9 Å². The maximum Gasteiger partial charge on any atom is 0.253 e. The molecule has 0 aromatic carbocycles. The molecule has 2 N–H and O–H groups in total. The summed E-state index contributed by atoms with van der Waals surface area (Å²) in [6.07, 6.45) is 1.32. The van der Waals surface area contributed by atoms with E-state index in [1.807, 2.05) is 0 Å². The third-order valence-corrected chi connectivity index (χ3v) is 2.14. The van der Waals surface area contributed by atoms with Crippen LogP contribution in [0.4, 0.5) is 0 Å². The van der Waals surface area contributed by atoms with Gasteiger partial charge in [-0.15, -0.1) is 0 Å². The Balaban J connectivity index is 2.65. The number of carbonyl (C=O) groups is 1. The van der Waals surface area contributed by atoms with Crippen LogP contribution < -0.4 is 5.32 Å². The minimum Gasteiger partial charge on any atom is -0.369 e. The fraction of sp³-hybridized carbons (Fsp3) is 0.250. The summed E-state index contributed by atoms with van der Waals surface area (Å²) in [6.45, 7) is 0. The molecule has 0 saturated carbocycles. The van der Waals surface area contributed by atoms with Crippen LogP contribution in [0.2, 0.25) is 0 Å². The summed E-state index contributed by atoms with van der Waals surface area (Å²) in [6, 6.07) is 2.95. The lowest BCUT2D eigenvalue weighted by atomic mass is 10.2. The second-order valence-electron chi connectivity index (χ2n) is 2.65. The molecular weight excluding hydrogens is 262 g/mol. The first-order valence-corrected chi connectivity index (χ1v) is 5.00. The average Bonchev–Trinajstić information content (AvgIpc) is 2.17. The van der Waals surface area contributed by atoms with Crippen LogP contribution >= 0.6 is 34.8 Å². The standard InChI is InChI=1S/C8H7Cl3N2O2/c9-8(10,11)7(15)13-6(14)5-1-3-12-4-2-5/h1-4,7,15H,(H,13,14). The zero-order valence-corrected chi connectivity index (χ0v) is 9.59. The summed E-state index contributed by atoms with van der Waals surface area (Å²) in [7, 11) is 0. The Morgan fingerprint density at radius 1 is 1.40 bits per heavy atom. The molecule has 82 valence electrons. The maximum atomic E-state index is 11.4. The fourth-order valence-corrected chi connectivity index (χ4v) is 0.956. The molecule has 4 nitrogen and oxygen atoms in total. The number of carbonyl (C=O) groups excluding carboxylic acids is 1. The fourth-order valence-electron chi connectivity index (χ4n) is 0.793. The van der Waals surface area contributed by atoms with E-state index in [1.165, 1.54) is 24.5 Å². The van der Waals surface area contributed by atoms with E-state index in [9.17, 15) is 9.90 Å². The molecule has 1 unspecified atom stereocenters. The van der Waals surface area contributed by atoms with Crippen molar-refractivity contribution in [2.24, 2.45) is 0 Å². The molecule has 0 saturated heterocycles. The highest BCUT2D eigenvalue weighted by molar-refractivity contribution is 6.68. The zero-order valence-electron chi connectivity index (χ0n) is 7.32. The van der Waals surface area contributed by atoms with Crippen LogP contribution in [0.1, 0.15) is 10.4 Å². The molecule has 0 radical (unpaired) electrons. The van der Waals surface area contributed by atoms with Crippen LogP contribution in [0, 0.1) is 0 Å². The van der Waals surface area contributed by atoms with Gasteiger partial charge in [-0.3, -0.25) is 9.78 Å². The van der Waals surface area contributed by atoms with Gasteiger partial charge in [0.1, 0.15) is 0 Å². The van der Waals surface area contributed by atoms with Crippen molar-refractivity contribution in [2.75, 3.05) is 0 Å².